The zero-order valence-corrected chi connectivity index (χ0v) is 16.1. The number of methoxy groups -OCH3 is 1. The summed E-state index contributed by atoms with van der Waals surface area (Å²) in [4.78, 5) is 15.1. The van der Waals surface area contributed by atoms with E-state index in [1.54, 1.807) is 11.8 Å². The monoisotopic (exact) mass is 377 g/mol. The molecule has 1 aliphatic heterocycles. The highest BCUT2D eigenvalue weighted by atomic mass is 16.5. The van der Waals surface area contributed by atoms with Crippen LogP contribution < -0.4 is 15.0 Å². The molecular formula is C21H23N5O2. The number of carbonyl (C=O) groups excluding carboxylic acids is 1. The molecule has 0 bridgehead atoms. The molecule has 1 N–H and O–H groups in total. The summed E-state index contributed by atoms with van der Waals surface area (Å²) in [5.41, 5.74) is 3.70. The van der Waals surface area contributed by atoms with E-state index in [0.29, 0.717) is 11.4 Å². The van der Waals surface area contributed by atoms with Crippen LogP contribution in [-0.4, -0.2) is 41.1 Å². The molecule has 1 saturated heterocycles. The maximum absolute atomic E-state index is 12.8. The fourth-order valence-electron chi connectivity index (χ4n) is 3.45. The number of carbonyl (C=O) groups is 1. The molecule has 7 nitrogen and oxygen atoms in total. The van der Waals surface area contributed by atoms with Gasteiger partial charge in [-0.15, -0.1) is 5.10 Å². The van der Waals surface area contributed by atoms with Crippen LogP contribution in [0.2, 0.25) is 0 Å². The van der Waals surface area contributed by atoms with E-state index < -0.39 is 0 Å². The lowest BCUT2D eigenvalue weighted by atomic mass is 10.2. The molecule has 0 atom stereocenters. The number of rotatable bonds is 5. The summed E-state index contributed by atoms with van der Waals surface area (Å²) >= 11 is 0. The van der Waals surface area contributed by atoms with E-state index in [9.17, 15) is 4.79 Å². The molecular weight excluding hydrogens is 354 g/mol. The first kappa shape index (κ1) is 18.0. The van der Waals surface area contributed by atoms with Gasteiger partial charge >= 0.3 is 0 Å². The van der Waals surface area contributed by atoms with Crippen molar-refractivity contribution in [3.8, 4) is 11.4 Å². The van der Waals surface area contributed by atoms with Crippen molar-refractivity contribution in [2.24, 2.45) is 0 Å². The molecule has 28 heavy (non-hydrogen) atoms. The second kappa shape index (κ2) is 7.72. The molecule has 7 heteroatoms. The van der Waals surface area contributed by atoms with Crippen molar-refractivity contribution in [2.75, 3.05) is 30.4 Å². The minimum absolute atomic E-state index is 0.268. The number of benzene rings is 2. The Balaban J connectivity index is 1.52. The van der Waals surface area contributed by atoms with E-state index in [1.165, 1.54) is 12.8 Å². The molecule has 3 aromatic rings. The summed E-state index contributed by atoms with van der Waals surface area (Å²) in [6.45, 7) is 3.96. The maximum Gasteiger partial charge on any atom is 0.278 e. The van der Waals surface area contributed by atoms with Gasteiger partial charge in [-0.05, 0) is 62.2 Å². The van der Waals surface area contributed by atoms with Gasteiger partial charge in [0, 0.05) is 24.5 Å². The maximum atomic E-state index is 12.8. The van der Waals surface area contributed by atoms with Crippen molar-refractivity contribution >= 4 is 17.3 Å². The van der Waals surface area contributed by atoms with E-state index >= 15 is 0 Å². The van der Waals surface area contributed by atoms with Crippen LogP contribution >= 0.6 is 0 Å². The Kier molecular flexibility index (Phi) is 4.97. The van der Waals surface area contributed by atoms with Gasteiger partial charge in [-0.25, -0.2) is 4.68 Å². The first-order chi connectivity index (χ1) is 13.7. The molecule has 4 rings (SSSR count). The zero-order valence-electron chi connectivity index (χ0n) is 16.1. The quantitative estimate of drug-likeness (QED) is 0.737. The number of aromatic nitrogens is 3. The highest BCUT2D eigenvalue weighted by Gasteiger charge is 2.18. The van der Waals surface area contributed by atoms with Gasteiger partial charge in [-0.1, -0.05) is 11.3 Å². The highest BCUT2D eigenvalue weighted by Crippen LogP contribution is 2.24. The number of nitrogens with zero attached hydrogens (tertiary/aromatic N) is 4. The van der Waals surface area contributed by atoms with Crippen molar-refractivity contribution in [3.63, 3.8) is 0 Å². The number of ether oxygens (including phenoxy) is 1. The average molecular weight is 377 g/mol. The van der Waals surface area contributed by atoms with Crippen LogP contribution in [0.15, 0.2) is 48.5 Å². The molecule has 0 saturated carbocycles. The van der Waals surface area contributed by atoms with Gasteiger partial charge in [0.05, 0.1) is 18.5 Å². The average Bonchev–Trinajstić information content (AvgIpc) is 3.38. The smallest absolute Gasteiger partial charge is 0.278 e. The van der Waals surface area contributed by atoms with Crippen LogP contribution in [0.3, 0.4) is 0 Å². The first-order valence-corrected chi connectivity index (χ1v) is 9.39. The van der Waals surface area contributed by atoms with Gasteiger partial charge in [-0.3, -0.25) is 4.79 Å². The summed E-state index contributed by atoms with van der Waals surface area (Å²) in [6, 6.07) is 15.4. The second-order valence-electron chi connectivity index (χ2n) is 6.83. The Morgan fingerprint density at radius 1 is 1.07 bits per heavy atom. The fourth-order valence-corrected chi connectivity index (χ4v) is 3.45. The molecule has 1 amide bonds. The van der Waals surface area contributed by atoms with Gasteiger partial charge in [0.1, 0.15) is 5.75 Å². The standard InChI is InChI=1S/C21H23N5O2/c1-15-20(23-24-26(15)17-8-10-19(28-2)11-9-17)21(27)22-16-6-5-7-18(14-16)25-12-3-4-13-25/h5-11,14H,3-4,12-13H2,1-2H3,(H,22,27). The van der Waals surface area contributed by atoms with E-state index in [0.717, 1.165) is 35.9 Å². The molecule has 1 aromatic heterocycles. The number of amides is 1. The lowest BCUT2D eigenvalue weighted by Crippen LogP contribution is -2.18. The lowest BCUT2D eigenvalue weighted by Gasteiger charge is -2.18. The molecule has 0 aliphatic carbocycles. The van der Waals surface area contributed by atoms with Crippen molar-refractivity contribution in [1.82, 2.24) is 15.0 Å². The molecule has 2 aromatic carbocycles. The molecule has 1 fully saturated rings. The van der Waals surface area contributed by atoms with Crippen molar-refractivity contribution in [3.05, 3.63) is 59.9 Å². The fraction of sp³-hybridized carbons (Fsp3) is 0.286. The molecule has 2 heterocycles. The third-order valence-corrected chi connectivity index (χ3v) is 5.00. The highest BCUT2D eigenvalue weighted by molar-refractivity contribution is 6.03. The van der Waals surface area contributed by atoms with Gasteiger partial charge < -0.3 is 15.0 Å². The number of nitrogens with one attached hydrogen (secondary N) is 1. The SMILES string of the molecule is COc1ccc(-n2nnc(C(=O)Nc3cccc(N4CCCC4)c3)c2C)cc1. The summed E-state index contributed by atoms with van der Waals surface area (Å²) in [5.74, 6) is 0.494. The molecule has 1 aliphatic rings. The Bertz CT molecular complexity index is 975. The van der Waals surface area contributed by atoms with Crippen LogP contribution in [0, 0.1) is 6.92 Å². The molecule has 0 spiro atoms. The number of hydrogen-bond donors (Lipinski definition) is 1. The number of hydrogen-bond acceptors (Lipinski definition) is 5. The Morgan fingerprint density at radius 2 is 1.82 bits per heavy atom. The summed E-state index contributed by atoms with van der Waals surface area (Å²) < 4.78 is 6.83. The predicted molar refractivity (Wildman–Crippen MR) is 108 cm³/mol. The predicted octanol–water partition coefficient (Wildman–Crippen LogP) is 3.44. The topological polar surface area (TPSA) is 72.3 Å². The van der Waals surface area contributed by atoms with Crippen molar-refractivity contribution < 1.29 is 9.53 Å². The molecule has 144 valence electrons. The van der Waals surface area contributed by atoms with Crippen molar-refractivity contribution in [1.29, 1.82) is 0 Å². The van der Waals surface area contributed by atoms with Crippen LogP contribution in [0.25, 0.3) is 5.69 Å². The minimum Gasteiger partial charge on any atom is -0.497 e. The van der Waals surface area contributed by atoms with E-state index in [2.05, 4.69) is 26.6 Å². The van der Waals surface area contributed by atoms with Crippen LogP contribution in [0.5, 0.6) is 5.75 Å². The van der Waals surface area contributed by atoms with E-state index in [4.69, 9.17) is 4.74 Å². The van der Waals surface area contributed by atoms with Crippen LogP contribution in [0.4, 0.5) is 11.4 Å². The second-order valence-corrected chi connectivity index (χ2v) is 6.83. The summed E-state index contributed by atoms with van der Waals surface area (Å²) in [7, 11) is 1.62. The largest absolute Gasteiger partial charge is 0.497 e. The van der Waals surface area contributed by atoms with Gasteiger partial charge in [0.25, 0.3) is 5.91 Å². The summed E-state index contributed by atoms with van der Waals surface area (Å²) in [5, 5.41) is 11.2. The van der Waals surface area contributed by atoms with E-state index in [-0.39, 0.29) is 5.91 Å². The van der Waals surface area contributed by atoms with Gasteiger partial charge in [-0.2, -0.15) is 0 Å². The number of anilines is 2. The Morgan fingerprint density at radius 3 is 2.54 bits per heavy atom. The lowest BCUT2D eigenvalue weighted by molar-refractivity contribution is 0.102. The first-order valence-electron chi connectivity index (χ1n) is 9.39. The minimum atomic E-state index is -0.268. The van der Waals surface area contributed by atoms with Gasteiger partial charge in [0.15, 0.2) is 5.69 Å². The third kappa shape index (κ3) is 3.55. The zero-order chi connectivity index (χ0) is 19.5. The van der Waals surface area contributed by atoms with Gasteiger partial charge in [0.2, 0.25) is 0 Å². The molecule has 0 radical (unpaired) electrons. The van der Waals surface area contributed by atoms with Crippen molar-refractivity contribution in [2.45, 2.75) is 19.8 Å². The Hall–Kier alpha value is -3.35. The third-order valence-electron chi connectivity index (χ3n) is 5.00. The summed E-state index contributed by atoms with van der Waals surface area (Å²) in [6.07, 6.45) is 2.43. The van der Waals surface area contributed by atoms with Crippen LogP contribution in [0.1, 0.15) is 29.0 Å². The molecule has 0 unspecified atom stereocenters. The Labute approximate surface area is 163 Å². The van der Waals surface area contributed by atoms with E-state index in [1.807, 2.05) is 49.4 Å². The van der Waals surface area contributed by atoms with Crippen LogP contribution in [-0.2, 0) is 0 Å². The normalized spacial score (nSPS) is 13.6.